The van der Waals surface area contributed by atoms with E-state index >= 15 is 0 Å². The Balaban J connectivity index is -0.000000544. The van der Waals surface area contributed by atoms with E-state index in [0.717, 1.165) is 0 Å². The number of rotatable bonds is 60. The SMILES string of the molecule is OCC(O)COCC(COC(CO)CO)OC(CO)CO.OCC(O)COCC(COC(CO)CO)OCC(O)CO.OCC(O)COCC(COCC(O)CO)OCC(O)CO.OCC(O)COCC(O)COC(COCC(O)CO)COCC(O)CO. The smallest absolute Gasteiger partial charge is 0.105 e. The summed E-state index contributed by atoms with van der Waals surface area (Å²) in [6.45, 7) is -7.37. The summed E-state index contributed by atoms with van der Waals surface area (Å²) in [5.74, 6) is 0. The van der Waals surface area contributed by atoms with E-state index in [1.54, 1.807) is 0 Å². The highest BCUT2D eigenvalue weighted by Gasteiger charge is 2.22. The standard InChI is InChI=1S/C15H32O11.3C12H26O9/c16-1-11(19)4-23-7-14(22)8-26-15(9-24-5-12(20)2-17)10-25-6-13(21)3-18;13-1-9(18)6-19-7-12(21-11(4-16)5-17)8-20-10(2-14)3-15;13-1-9(17)5-19-7-12(20-6-10(18)2-14)8-21-11(3-15)4-16;13-1-9(16)4-19-7-12(21-6-11(18)3-15)8-20-5-10(17)2-14/h11-22H,1-10H2;3*9-18H,1-8H2. The molecule has 0 aromatic rings. The molecule has 0 heterocycles. The van der Waals surface area contributed by atoms with Crippen LogP contribution in [0.2, 0.25) is 0 Å². The first-order valence-electron chi connectivity index (χ1n) is 28.3. The van der Waals surface area contributed by atoms with Crippen LogP contribution in [0.25, 0.3) is 0 Å². The predicted molar refractivity (Wildman–Crippen MR) is 299 cm³/mol. The van der Waals surface area contributed by atoms with Crippen LogP contribution < -0.4 is 0 Å². The Labute approximate surface area is 516 Å². The predicted octanol–water partition coefficient (Wildman–Crippen LogP) is -14.8. The van der Waals surface area contributed by atoms with E-state index in [1.165, 1.54) is 0 Å². The second kappa shape index (κ2) is 67.9. The fourth-order valence-electron chi connectivity index (χ4n) is 5.41. The lowest BCUT2D eigenvalue weighted by Crippen LogP contribution is -2.37. The molecule has 0 aromatic carbocycles. The quantitative estimate of drug-likeness (QED) is 0.0269. The van der Waals surface area contributed by atoms with Crippen LogP contribution in [0.15, 0.2) is 0 Å². The molecular weight excluding hydrogens is 1220 g/mol. The van der Waals surface area contributed by atoms with Crippen molar-refractivity contribution in [2.24, 2.45) is 0 Å². The Morgan fingerprint density at radius 2 is 0.315 bits per heavy atom. The Morgan fingerprint density at radius 1 is 0.146 bits per heavy atom. The minimum atomic E-state index is -1.04. The number of hydrogen-bond donors (Lipinski definition) is 25. The van der Waals surface area contributed by atoms with Crippen LogP contribution in [-0.4, -0.2) is 456 Å². The number of aliphatic hydroxyl groups is 25. The average Bonchev–Trinajstić information content (AvgIpc) is 3.62. The monoisotopic (exact) mass is 1330 g/mol. The van der Waals surface area contributed by atoms with Crippen LogP contribution in [0.3, 0.4) is 0 Å². The van der Waals surface area contributed by atoms with Gasteiger partial charge in [0.1, 0.15) is 104 Å². The molecule has 12 atom stereocenters. The van der Waals surface area contributed by atoms with Crippen molar-refractivity contribution in [2.45, 2.75) is 104 Å². The minimum absolute atomic E-state index is 0.00306. The molecule has 542 valence electrons. The summed E-state index contributed by atoms with van der Waals surface area (Å²) >= 11 is 0. The molecule has 25 N–H and O–H groups in total. The zero-order valence-corrected chi connectivity index (χ0v) is 50.3. The van der Waals surface area contributed by atoms with Crippen LogP contribution in [0, 0.1) is 0 Å². The summed E-state index contributed by atoms with van der Waals surface area (Å²) in [6, 6.07) is 0. The molecule has 0 bridgehead atoms. The van der Waals surface area contributed by atoms with Gasteiger partial charge in [0.15, 0.2) is 0 Å². The highest BCUT2D eigenvalue weighted by atomic mass is 16.6. The van der Waals surface area contributed by atoms with Crippen molar-refractivity contribution >= 4 is 0 Å². The molecule has 0 saturated heterocycles. The van der Waals surface area contributed by atoms with Crippen molar-refractivity contribution in [3.8, 4) is 0 Å². The van der Waals surface area contributed by atoms with Crippen LogP contribution in [-0.2, 0) is 61.6 Å². The molecule has 0 saturated carbocycles. The maximum Gasteiger partial charge on any atom is 0.105 e. The third-order valence-electron chi connectivity index (χ3n) is 10.4. The van der Waals surface area contributed by atoms with Crippen molar-refractivity contribution in [3.63, 3.8) is 0 Å². The molecule has 0 rings (SSSR count). The lowest BCUT2D eigenvalue weighted by molar-refractivity contribution is -0.137. The van der Waals surface area contributed by atoms with E-state index in [0.29, 0.717) is 0 Å². The first-order chi connectivity index (χ1) is 42.6. The van der Waals surface area contributed by atoms with Gasteiger partial charge in [-0.2, -0.15) is 0 Å². The van der Waals surface area contributed by atoms with Gasteiger partial charge >= 0.3 is 0 Å². The summed E-state index contributed by atoms with van der Waals surface area (Å²) in [6.07, 6.45) is -15.0. The molecule has 0 aromatic heterocycles. The summed E-state index contributed by atoms with van der Waals surface area (Å²) < 4.78 is 67.6. The van der Waals surface area contributed by atoms with Gasteiger partial charge in [-0.3, -0.25) is 0 Å². The zero-order valence-electron chi connectivity index (χ0n) is 50.3. The van der Waals surface area contributed by atoms with Gasteiger partial charge in [0.25, 0.3) is 0 Å². The largest absolute Gasteiger partial charge is 0.394 e. The van der Waals surface area contributed by atoms with Crippen molar-refractivity contribution < 1.29 is 189 Å². The third-order valence-corrected chi connectivity index (χ3v) is 10.4. The molecular formula is C51H110O38. The molecule has 0 aliphatic heterocycles. The molecule has 0 aliphatic rings. The van der Waals surface area contributed by atoms with E-state index in [4.69, 9.17) is 164 Å². The molecule has 12 unspecified atom stereocenters. The number of ether oxygens (including phenoxy) is 13. The van der Waals surface area contributed by atoms with Gasteiger partial charge in [-0.1, -0.05) is 0 Å². The summed E-state index contributed by atoms with van der Waals surface area (Å²) in [5.41, 5.74) is 0. The normalized spacial score (nSPS) is 16.6. The molecule has 0 fully saturated rings. The van der Waals surface area contributed by atoms with Gasteiger partial charge in [-0.25, -0.2) is 0 Å². The fraction of sp³-hybridized carbons (Fsp3) is 1.00. The van der Waals surface area contributed by atoms with Crippen LogP contribution in [0.4, 0.5) is 0 Å². The van der Waals surface area contributed by atoms with Gasteiger partial charge in [0.2, 0.25) is 0 Å². The van der Waals surface area contributed by atoms with Gasteiger partial charge in [0, 0.05) is 0 Å². The van der Waals surface area contributed by atoms with Gasteiger partial charge in [-0.05, 0) is 0 Å². The Morgan fingerprint density at radius 3 is 0.551 bits per heavy atom. The van der Waals surface area contributed by atoms with Crippen molar-refractivity contribution in [1.29, 1.82) is 0 Å². The van der Waals surface area contributed by atoms with E-state index in [1.807, 2.05) is 0 Å². The number of hydrogen-bond acceptors (Lipinski definition) is 38. The molecule has 0 radical (unpaired) electrons. The molecule has 38 nitrogen and oxygen atoms in total. The minimum Gasteiger partial charge on any atom is -0.394 e. The Hall–Kier alpha value is -1.52. The zero-order chi connectivity index (χ0) is 68.0. The van der Waals surface area contributed by atoms with E-state index in [2.05, 4.69) is 0 Å². The molecule has 0 aliphatic carbocycles. The van der Waals surface area contributed by atoms with Crippen LogP contribution in [0.5, 0.6) is 0 Å². The van der Waals surface area contributed by atoms with Gasteiger partial charge in [0.05, 0.1) is 225 Å². The first kappa shape index (κ1) is 93.9. The maximum atomic E-state index is 9.77. The van der Waals surface area contributed by atoms with E-state index in [-0.39, 0.29) is 152 Å². The van der Waals surface area contributed by atoms with Crippen molar-refractivity contribution in [1.82, 2.24) is 0 Å². The van der Waals surface area contributed by atoms with E-state index < -0.39 is 176 Å². The maximum absolute atomic E-state index is 9.77. The molecule has 38 heteroatoms. The van der Waals surface area contributed by atoms with Gasteiger partial charge < -0.3 is 189 Å². The topological polar surface area (TPSA) is 626 Å². The average molecular weight is 1330 g/mol. The molecule has 89 heavy (non-hydrogen) atoms. The fourth-order valence-corrected chi connectivity index (χ4v) is 5.41. The third kappa shape index (κ3) is 62.4. The molecule has 0 spiro atoms. The van der Waals surface area contributed by atoms with Crippen molar-refractivity contribution in [2.75, 3.05) is 225 Å². The van der Waals surface area contributed by atoms with Crippen LogP contribution in [0.1, 0.15) is 0 Å². The highest BCUT2D eigenvalue weighted by molar-refractivity contribution is 4.67. The summed E-state index contributed by atoms with van der Waals surface area (Å²) in [4.78, 5) is 0. The second-order valence-electron chi connectivity index (χ2n) is 19.2. The van der Waals surface area contributed by atoms with Gasteiger partial charge in [-0.15, -0.1) is 0 Å². The highest BCUT2D eigenvalue weighted by Crippen LogP contribution is 2.06. The van der Waals surface area contributed by atoms with Crippen molar-refractivity contribution in [3.05, 3.63) is 0 Å². The summed E-state index contributed by atoms with van der Waals surface area (Å²) in [5, 5.41) is 224. The second-order valence-corrected chi connectivity index (χ2v) is 19.2. The summed E-state index contributed by atoms with van der Waals surface area (Å²) in [7, 11) is 0. The lowest BCUT2D eigenvalue weighted by atomic mass is 10.3. The van der Waals surface area contributed by atoms with Crippen LogP contribution >= 0.6 is 0 Å². The lowest BCUT2D eigenvalue weighted by Gasteiger charge is -2.24. The Bertz CT molecular complexity index is 1340. The Kier molecular flexibility index (Phi) is 71.6. The number of aliphatic hydroxyl groups excluding tert-OH is 25. The first-order valence-corrected chi connectivity index (χ1v) is 28.3. The van der Waals surface area contributed by atoms with E-state index in [9.17, 15) is 25.5 Å². The molecule has 0 amide bonds.